The molecule has 96 valence electrons. The molecule has 3 heterocycles. The summed E-state index contributed by atoms with van der Waals surface area (Å²) < 4.78 is 7.39. The van der Waals surface area contributed by atoms with Crippen LogP contribution in [-0.2, 0) is 4.74 Å². The number of aromatic nitrogens is 4. The lowest BCUT2D eigenvalue weighted by Crippen LogP contribution is -2.07. The summed E-state index contributed by atoms with van der Waals surface area (Å²) >= 11 is 1.65. The smallest absolute Gasteiger partial charge is 0.253 e. The minimum atomic E-state index is 0.359. The van der Waals surface area contributed by atoms with Crippen LogP contribution in [-0.4, -0.2) is 38.0 Å². The Hall–Kier alpha value is -1.14. The highest BCUT2D eigenvalue weighted by Crippen LogP contribution is 2.21. The predicted octanol–water partition coefficient (Wildman–Crippen LogP) is 2.01. The minimum absolute atomic E-state index is 0.359. The van der Waals surface area contributed by atoms with Gasteiger partial charge in [-0.3, -0.25) is 0 Å². The van der Waals surface area contributed by atoms with E-state index in [4.69, 9.17) is 4.74 Å². The maximum absolute atomic E-state index is 5.59. The maximum Gasteiger partial charge on any atom is 0.253 e. The van der Waals surface area contributed by atoms with Gasteiger partial charge in [-0.1, -0.05) is 11.8 Å². The summed E-state index contributed by atoms with van der Waals surface area (Å²) in [6.07, 6.45) is 2.68. The summed E-state index contributed by atoms with van der Waals surface area (Å²) in [6, 6.07) is 2.01. The van der Waals surface area contributed by atoms with Gasteiger partial charge in [0.25, 0.3) is 5.78 Å². The maximum atomic E-state index is 5.59. The quantitative estimate of drug-likeness (QED) is 0.794. The summed E-state index contributed by atoms with van der Waals surface area (Å²) in [4.78, 5) is 8.83. The number of aryl methyl sites for hydroxylation is 2. The zero-order chi connectivity index (χ0) is 12.5. The van der Waals surface area contributed by atoms with Gasteiger partial charge in [-0.2, -0.15) is 4.98 Å². The van der Waals surface area contributed by atoms with Crippen molar-refractivity contribution < 1.29 is 4.74 Å². The van der Waals surface area contributed by atoms with Crippen LogP contribution in [0, 0.1) is 13.8 Å². The lowest BCUT2D eigenvalue weighted by atomic mass is 10.3. The van der Waals surface area contributed by atoms with Crippen LogP contribution in [0.2, 0.25) is 0 Å². The third kappa shape index (κ3) is 2.35. The molecule has 1 fully saturated rings. The lowest BCUT2D eigenvalue weighted by molar-refractivity contribution is 0.129. The summed E-state index contributed by atoms with van der Waals surface area (Å²) in [7, 11) is 0. The number of rotatable bonds is 3. The van der Waals surface area contributed by atoms with E-state index in [1.165, 1.54) is 6.42 Å². The molecule has 3 rings (SSSR count). The van der Waals surface area contributed by atoms with E-state index < -0.39 is 0 Å². The van der Waals surface area contributed by atoms with Gasteiger partial charge in [-0.15, -0.1) is 5.10 Å². The molecule has 0 bridgehead atoms. The van der Waals surface area contributed by atoms with Crippen molar-refractivity contribution >= 4 is 17.5 Å². The summed E-state index contributed by atoms with van der Waals surface area (Å²) in [5.74, 6) is 1.61. The number of hydrogen-bond acceptors (Lipinski definition) is 5. The topological polar surface area (TPSA) is 52.3 Å². The summed E-state index contributed by atoms with van der Waals surface area (Å²) in [5, 5.41) is 5.25. The van der Waals surface area contributed by atoms with Gasteiger partial charge in [0, 0.05) is 23.7 Å². The third-order valence-corrected chi connectivity index (χ3v) is 3.99. The Morgan fingerprint density at radius 1 is 1.44 bits per heavy atom. The van der Waals surface area contributed by atoms with E-state index in [2.05, 4.69) is 15.1 Å². The van der Waals surface area contributed by atoms with Gasteiger partial charge in [0.15, 0.2) is 0 Å². The van der Waals surface area contributed by atoms with Crippen molar-refractivity contribution in [1.82, 2.24) is 19.6 Å². The van der Waals surface area contributed by atoms with E-state index in [9.17, 15) is 0 Å². The van der Waals surface area contributed by atoms with Crippen molar-refractivity contribution in [1.29, 1.82) is 0 Å². The van der Waals surface area contributed by atoms with Gasteiger partial charge in [0.1, 0.15) is 0 Å². The largest absolute Gasteiger partial charge is 0.377 e. The Morgan fingerprint density at radius 2 is 2.33 bits per heavy atom. The van der Waals surface area contributed by atoms with Crippen LogP contribution in [0.4, 0.5) is 0 Å². The predicted molar refractivity (Wildman–Crippen MR) is 70.0 cm³/mol. The Bertz CT molecular complexity index is 562. The molecule has 0 spiro atoms. The van der Waals surface area contributed by atoms with E-state index >= 15 is 0 Å². The fourth-order valence-electron chi connectivity index (χ4n) is 2.15. The minimum Gasteiger partial charge on any atom is -0.377 e. The SMILES string of the molecule is Cc1cc(C)n2nc(SC[C@@H]3CCCO3)nc2n1. The molecule has 2 aromatic rings. The molecule has 0 radical (unpaired) electrons. The number of fused-ring (bicyclic) bond motifs is 1. The molecular formula is C12H16N4OS. The molecule has 0 unspecified atom stereocenters. The van der Waals surface area contributed by atoms with E-state index in [0.717, 1.165) is 35.3 Å². The fourth-order valence-corrected chi connectivity index (χ4v) is 3.04. The number of hydrogen-bond donors (Lipinski definition) is 0. The first kappa shape index (κ1) is 11.9. The van der Waals surface area contributed by atoms with Crippen LogP contribution in [0.15, 0.2) is 11.2 Å². The van der Waals surface area contributed by atoms with Crippen molar-refractivity contribution in [3.8, 4) is 0 Å². The van der Waals surface area contributed by atoms with Crippen LogP contribution in [0.1, 0.15) is 24.2 Å². The average Bonchev–Trinajstić information content (AvgIpc) is 2.93. The second kappa shape index (κ2) is 4.85. The van der Waals surface area contributed by atoms with Crippen LogP contribution in [0.3, 0.4) is 0 Å². The molecule has 1 aliphatic heterocycles. The lowest BCUT2D eigenvalue weighted by Gasteiger charge is -2.05. The number of nitrogens with zero attached hydrogens (tertiary/aromatic N) is 4. The monoisotopic (exact) mass is 264 g/mol. The van der Waals surface area contributed by atoms with Gasteiger partial charge < -0.3 is 4.74 Å². The van der Waals surface area contributed by atoms with Crippen LogP contribution < -0.4 is 0 Å². The molecule has 5 nitrogen and oxygen atoms in total. The average molecular weight is 264 g/mol. The number of ether oxygens (including phenoxy) is 1. The summed E-state index contributed by atoms with van der Waals surface area (Å²) in [6.45, 7) is 4.88. The highest BCUT2D eigenvalue weighted by molar-refractivity contribution is 7.99. The van der Waals surface area contributed by atoms with Gasteiger partial charge in [-0.05, 0) is 32.8 Å². The molecule has 1 aliphatic rings. The molecule has 6 heteroatoms. The van der Waals surface area contributed by atoms with Gasteiger partial charge in [-0.25, -0.2) is 9.50 Å². The van der Waals surface area contributed by atoms with Crippen LogP contribution in [0.25, 0.3) is 5.78 Å². The van der Waals surface area contributed by atoms with E-state index in [-0.39, 0.29) is 0 Å². The molecule has 1 saturated heterocycles. The summed E-state index contributed by atoms with van der Waals surface area (Å²) in [5.41, 5.74) is 2.04. The van der Waals surface area contributed by atoms with Gasteiger partial charge >= 0.3 is 0 Å². The Balaban J connectivity index is 1.78. The Morgan fingerprint density at radius 3 is 3.11 bits per heavy atom. The molecule has 2 aromatic heterocycles. The Labute approximate surface area is 110 Å². The van der Waals surface area contributed by atoms with Crippen molar-refractivity contribution in [3.05, 3.63) is 17.5 Å². The first-order chi connectivity index (χ1) is 8.72. The van der Waals surface area contributed by atoms with E-state index in [1.54, 1.807) is 16.3 Å². The molecule has 0 saturated carbocycles. The highest BCUT2D eigenvalue weighted by atomic mass is 32.2. The molecule has 1 atom stereocenters. The van der Waals surface area contributed by atoms with Crippen LogP contribution in [0.5, 0.6) is 0 Å². The second-order valence-corrected chi connectivity index (χ2v) is 5.58. The molecule has 0 N–H and O–H groups in total. The first-order valence-electron chi connectivity index (χ1n) is 6.18. The highest BCUT2D eigenvalue weighted by Gasteiger charge is 2.17. The zero-order valence-electron chi connectivity index (χ0n) is 10.6. The standard InChI is InChI=1S/C12H16N4OS/c1-8-6-9(2)16-11(13-8)14-12(15-16)18-7-10-4-3-5-17-10/h6,10H,3-5,7H2,1-2H3/t10-/m0/s1. The third-order valence-electron chi connectivity index (χ3n) is 3.02. The zero-order valence-corrected chi connectivity index (χ0v) is 11.4. The van der Waals surface area contributed by atoms with Gasteiger partial charge in [0.05, 0.1) is 6.10 Å². The molecule has 0 aromatic carbocycles. The normalized spacial score (nSPS) is 19.8. The Kier molecular flexibility index (Phi) is 3.22. The van der Waals surface area contributed by atoms with Crippen molar-refractivity contribution in [2.45, 2.75) is 37.9 Å². The van der Waals surface area contributed by atoms with Gasteiger partial charge in [0.2, 0.25) is 5.16 Å². The second-order valence-electron chi connectivity index (χ2n) is 4.59. The van der Waals surface area contributed by atoms with Crippen molar-refractivity contribution in [2.24, 2.45) is 0 Å². The fraction of sp³-hybridized carbons (Fsp3) is 0.583. The number of thioether (sulfide) groups is 1. The van der Waals surface area contributed by atoms with E-state index in [0.29, 0.717) is 11.9 Å². The molecule has 0 aliphatic carbocycles. The molecular weight excluding hydrogens is 248 g/mol. The van der Waals surface area contributed by atoms with Crippen molar-refractivity contribution in [3.63, 3.8) is 0 Å². The molecule has 18 heavy (non-hydrogen) atoms. The van der Waals surface area contributed by atoms with Crippen molar-refractivity contribution in [2.75, 3.05) is 12.4 Å². The van der Waals surface area contributed by atoms with Crippen LogP contribution >= 0.6 is 11.8 Å². The molecule has 0 amide bonds. The van der Waals surface area contributed by atoms with E-state index in [1.807, 2.05) is 19.9 Å². The first-order valence-corrected chi connectivity index (χ1v) is 7.16.